The zero-order chi connectivity index (χ0) is 13.7. The lowest BCUT2D eigenvalue weighted by atomic mass is 10.0. The van der Waals surface area contributed by atoms with Crippen LogP contribution in [0.1, 0.15) is 44.2 Å². The van der Waals surface area contributed by atoms with Crippen molar-refractivity contribution in [3.63, 3.8) is 0 Å². The first kappa shape index (κ1) is 14.4. The molecule has 0 aromatic heterocycles. The fourth-order valence-corrected chi connectivity index (χ4v) is 2.46. The summed E-state index contributed by atoms with van der Waals surface area (Å²) in [5.41, 5.74) is 0.379. The van der Waals surface area contributed by atoms with Crippen LogP contribution in [-0.4, -0.2) is 19.3 Å². The summed E-state index contributed by atoms with van der Waals surface area (Å²) in [6.45, 7) is 3.44. The van der Waals surface area contributed by atoms with Gasteiger partial charge in [-0.25, -0.2) is 8.78 Å². The molecule has 106 valence electrons. The SMILES string of the molecule is CC(NCCC1CCCCO1)c1cccc(F)c1F. The molecule has 1 N–H and O–H groups in total. The highest BCUT2D eigenvalue weighted by Gasteiger charge is 2.16. The summed E-state index contributed by atoms with van der Waals surface area (Å²) in [6, 6.07) is 4.10. The molecule has 0 spiro atoms. The quantitative estimate of drug-likeness (QED) is 0.882. The molecule has 0 bridgehead atoms. The first-order valence-corrected chi connectivity index (χ1v) is 6.97. The van der Waals surface area contributed by atoms with E-state index in [0.717, 1.165) is 38.5 Å². The van der Waals surface area contributed by atoms with Gasteiger partial charge in [0.25, 0.3) is 0 Å². The predicted molar refractivity (Wildman–Crippen MR) is 71.0 cm³/mol. The van der Waals surface area contributed by atoms with Crippen LogP contribution in [0.3, 0.4) is 0 Å². The van der Waals surface area contributed by atoms with Crippen molar-refractivity contribution in [1.82, 2.24) is 5.32 Å². The molecule has 2 nitrogen and oxygen atoms in total. The smallest absolute Gasteiger partial charge is 0.163 e. The lowest BCUT2D eigenvalue weighted by molar-refractivity contribution is 0.0112. The average molecular weight is 269 g/mol. The van der Waals surface area contributed by atoms with Crippen LogP contribution < -0.4 is 5.32 Å². The molecule has 1 aliphatic rings. The van der Waals surface area contributed by atoms with Gasteiger partial charge in [-0.15, -0.1) is 0 Å². The van der Waals surface area contributed by atoms with Crippen molar-refractivity contribution >= 4 is 0 Å². The van der Waals surface area contributed by atoms with Gasteiger partial charge in [0.05, 0.1) is 6.10 Å². The zero-order valence-electron chi connectivity index (χ0n) is 11.3. The Bertz CT molecular complexity index is 405. The third-order valence-electron chi connectivity index (χ3n) is 3.64. The van der Waals surface area contributed by atoms with Crippen molar-refractivity contribution in [1.29, 1.82) is 0 Å². The Balaban J connectivity index is 1.80. The van der Waals surface area contributed by atoms with E-state index in [0.29, 0.717) is 11.7 Å². The van der Waals surface area contributed by atoms with E-state index < -0.39 is 11.6 Å². The largest absolute Gasteiger partial charge is 0.378 e. The topological polar surface area (TPSA) is 21.3 Å². The molecule has 0 saturated carbocycles. The molecule has 0 aliphatic carbocycles. The fourth-order valence-electron chi connectivity index (χ4n) is 2.46. The van der Waals surface area contributed by atoms with E-state index in [1.807, 2.05) is 6.92 Å². The second-order valence-electron chi connectivity index (χ2n) is 5.10. The van der Waals surface area contributed by atoms with Gasteiger partial charge in [-0.2, -0.15) is 0 Å². The highest BCUT2D eigenvalue weighted by Crippen LogP contribution is 2.19. The summed E-state index contributed by atoms with van der Waals surface area (Å²) in [5.74, 6) is -1.54. The summed E-state index contributed by atoms with van der Waals surface area (Å²) in [6.07, 6.45) is 4.70. The zero-order valence-corrected chi connectivity index (χ0v) is 11.3. The molecule has 4 heteroatoms. The van der Waals surface area contributed by atoms with Crippen molar-refractivity contribution < 1.29 is 13.5 Å². The van der Waals surface area contributed by atoms with E-state index in [2.05, 4.69) is 5.32 Å². The predicted octanol–water partition coefficient (Wildman–Crippen LogP) is 3.57. The van der Waals surface area contributed by atoms with Crippen molar-refractivity contribution in [3.8, 4) is 0 Å². The van der Waals surface area contributed by atoms with Gasteiger partial charge in [0.15, 0.2) is 11.6 Å². The first-order valence-electron chi connectivity index (χ1n) is 6.97. The van der Waals surface area contributed by atoms with Crippen LogP contribution in [-0.2, 0) is 4.74 Å². The highest BCUT2D eigenvalue weighted by molar-refractivity contribution is 5.21. The molecule has 2 unspecified atom stereocenters. The second kappa shape index (κ2) is 6.96. The van der Waals surface area contributed by atoms with Crippen molar-refractivity contribution in [2.45, 2.75) is 44.8 Å². The minimum absolute atomic E-state index is 0.195. The third-order valence-corrected chi connectivity index (χ3v) is 3.64. The average Bonchev–Trinajstić information content (AvgIpc) is 2.43. The fraction of sp³-hybridized carbons (Fsp3) is 0.600. The minimum atomic E-state index is -0.790. The Morgan fingerprint density at radius 1 is 1.37 bits per heavy atom. The third kappa shape index (κ3) is 3.98. The molecule has 1 aromatic carbocycles. The minimum Gasteiger partial charge on any atom is -0.378 e. The van der Waals surface area contributed by atoms with E-state index >= 15 is 0 Å². The van der Waals surface area contributed by atoms with Gasteiger partial charge < -0.3 is 10.1 Å². The molecule has 1 aromatic rings. The van der Waals surface area contributed by atoms with Crippen molar-refractivity contribution in [3.05, 3.63) is 35.4 Å². The maximum atomic E-state index is 13.6. The first-order chi connectivity index (χ1) is 9.18. The van der Waals surface area contributed by atoms with Gasteiger partial charge in [-0.05, 0) is 45.2 Å². The van der Waals surface area contributed by atoms with Crippen molar-refractivity contribution in [2.24, 2.45) is 0 Å². The van der Waals surface area contributed by atoms with Gasteiger partial charge in [0.2, 0.25) is 0 Å². The maximum Gasteiger partial charge on any atom is 0.163 e. The van der Waals surface area contributed by atoms with Crippen LogP contribution >= 0.6 is 0 Å². The van der Waals surface area contributed by atoms with E-state index in [4.69, 9.17) is 4.74 Å². The van der Waals surface area contributed by atoms with E-state index in [-0.39, 0.29) is 6.04 Å². The maximum absolute atomic E-state index is 13.6. The number of hydrogen-bond acceptors (Lipinski definition) is 2. The van der Waals surface area contributed by atoms with Crippen LogP contribution in [0.15, 0.2) is 18.2 Å². The van der Waals surface area contributed by atoms with Crippen LogP contribution in [0.25, 0.3) is 0 Å². The van der Waals surface area contributed by atoms with E-state index in [1.54, 1.807) is 6.07 Å². The van der Waals surface area contributed by atoms with Crippen LogP contribution in [0.4, 0.5) is 8.78 Å². The number of nitrogens with one attached hydrogen (secondary N) is 1. The molecule has 2 rings (SSSR count). The normalized spacial score (nSPS) is 21.3. The Morgan fingerprint density at radius 3 is 2.95 bits per heavy atom. The number of halogens is 2. The second-order valence-corrected chi connectivity index (χ2v) is 5.10. The number of ether oxygens (including phenoxy) is 1. The number of benzene rings is 1. The molecule has 1 heterocycles. The molecule has 1 fully saturated rings. The summed E-state index contributed by atoms with van der Waals surface area (Å²) in [7, 11) is 0. The van der Waals surface area contributed by atoms with Crippen molar-refractivity contribution in [2.75, 3.05) is 13.2 Å². The molecule has 19 heavy (non-hydrogen) atoms. The Kier molecular flexibility index (Phi) is 5.28. The molecular weight excluding hydrogens is 248 g/mol. The van der Waals surface area contributed by atoms with E-state index in [1.165, 1.54) is 12.5 Å². The molecule has 0 radical (unpaired) electrons. The summed E-state index contributed by atoms with van der Waals surface area (Å²) >= 11 is 0. The molecule has 1 aliphatic heterocycles. The molecule has 0 amide bonds. The standard InChI is InChI=1S/C15H21F2NO/c1-11(13-6-4-7-14(16)15(13)17)18-9-8-12-5-2-3-10-19-12/h4,6-7,11-12,18H,2-3,5,8-10H2,1H3. The van der Waals surface area contributed by atoms with Crippen LogP contribution in [0, 0.1) is 11.6 Å². The van der Waals surface area contributed by atoms with Gasteiger partial charge in [0.1, 0.15) is 0 Å². The lowest BCUT2D eigenvalue weighted by Crippen LogP contribution is -2.27. The summed E-state index contributed by atoms with van der Waals surface area (Å²) < 4.78 is 32.4. The number of hydrogen-bond donors (Lipinski definition) is 1. The monoisotopic (exact) mass is 269 g/mol. The van der Waals surface area contributed by atoms with Gasteiger partial charge >= 0.3 is 0 Å². The Hall–Kier alpha value is -1.00. The lowest BCUT2D eigenvalue weighted by Gasteiger charge is -2.23. The van der Waals surface area contributed by atoms with Gasteiger partial charge in [0, 0.05) is 18.2 Å². The summed E-state index contributed by atoms with van der Waals surface area (Å²) in [5, 5.41) is 3.23. The van der Waals surface area contributed by atoms with Crippen LogP contribution in [0.5, 0.6) is 0 Å². The summed E-state index contributed by atoms with van der Waals surface area (Å²) in [4.78, 5) is 0. The Labute approximate surface area is 113 Å². The Morgan fingerprint density at radius 2 is 2.21 bits per heavy atom. The van der Waals surface area contributed by atoms with E-state index in [9.17, 15) is 8.78 Å². The number of rotatable bonds is 5. The van der Waals surface area contributed by atoms with Gasteiger partial charge in [-0.3, -0.25) is 0 Å². The van der Waals surface area contributed by atoms with Crippen LogP contribution in [0.2, 0.25) is 0 Å². The van der Waals surface area contributed by atoms with Gasteiger partial charge in [-0.1, -0.05) is 12.1 Å². The molecular formula is C15H21F2NO. The molecule has 1 saturated heterocycles. The molecule has 2 atom stereocenters. The highest BCUT2D eigenvalue weighted by atomic mass is 19.2.